The lowest BCUT2D eigenvalue weighted by Crippen LogP contribution is -2.42. The summed E-state index contributed by atoms with van der Waals surface area (Å²) in [5, 5.41) is 0. The summed E-state index contributed by atoms with van der Waals surface area (Å²) in [4.78, 5) is 13.8. The molecule has 0 fully saturated rings. The summed E-state index contributed by atoms with van der Waals surface area (Å²) in [6.45, 7) is 4.69. The van der Waals surface area contributed by atoms with Crippen LogP contribution in [0.1, 0.15) is 19.4 Å². The maximum absolute atomic E-state index is 12.1. The molecule has 94 valence electrons. The molecule has 1 aromatic carbocycles. The number of nitrogens with two attached hydrogens (primary N) is 1. The number of carbonyl (C=O) groups excluding carboxylic acids is 1. The topological polar surface area (TPSA) is 46.3 Å². The molecule has 0 saturated heterocycles. The Morgan fingerprint density at radius 1 is 1.47 bits per heavy atom. The van der Waals surface area contributed by atoms with Crippen molar-refractivity contribution in [1.29, 1.82) is 0 Å². The van der Waals surface area contributed by atoms with Gasteiger partial charge < -0.3 is 10.6 Å². The molecular weight excluding hydrogens is 280 g/mol. The van der Waals surface area contributed by atoms with E-state index >= 15 is 0 Å². The van der Waals surface area contributed by atoms with E-state index in [1.165, 1.54) is 0 Å². The monoisotopic (exact) mass is 298 g/mol. The summed E-state index contributed by atoms with van der Waals surface area (Å²) < 4.78 is 1.02. The summed E-state index contributed by atoms with van der Waals surface area (Å²) in [6, 6.07) is 7.95. The molecule has 0 spiro atoms. The van der Waals surface area contributed by atoms with E-state index in [1.807, 2.05) is 38.1 Å². The summed E-state index contributed by atoms with van der Waals surface area (Å²) in [5.74, 6) is 0.0694. The van der Waals surface area contributed by atoms with Crippen LogP contribution in [0.4, 0.5) is 0 Å². The minimum absolute atomic E-state index is 0.0694. The largest absolute Gasteiger partial charge is 0.341 e. The zero-order valence-corrected chi connectivity index (χ0v) is 12.1. The van der Waals surface area contributed by atoms with Crippen LogP contribution < -0.4 is 5.73 Å². The molecule has 0 saturated carbocycles. The molecule has 0 radical (unpaired) electrons. The van der Waals surface area contributed by atoms with Gasteiger partial charge in [-0.05, 0) is 31.5 Å². The van der Waals surface area contributed by atoms with Gasteiger partial charge in [0.1, 0.15) is 0 Å². The Balaban J connectivity index is 2.73. The second-order valence-corrected chi connectivity index (χ2v) is 5.79. The third kappa shape index (κ3) is 3.82. The molecular formula is C13H19BrN2O. The smallest absolute Gasteiger partial charge is 0.229 e. The molecule has 0 aliphatic rings. The van der Waals surface area contributed by atoms with E-state index in [0.29, 0.717) is 13.1 Å². The standard InChI is InChI=1S/C13H19BrN2O/c1-13(2,9-15)12(17)16(3)8-10-5-4-6-11(14)7-10/h4-7H,8-9,15H2,1-3H3. The molecule has 0 bridgehead atoms. The number of nitrogens with zero attached hydrogens (tertiary/aromatic N) is 1. The van der Waals surface area contributed by atoms with Crippen LogP contribution in [-0.4, -0.2) is 24.4 Å². The Morgan fingerprint density at radius 3 is 2.65 bits per heavy atom. The lowest BCUT2D eigenvalue weighted by atomic mass is 9.92. The lowest BCUT2D eigenvalue weighted by molar-refractivity contribution is -0.139. The van der Waals surface area contributed by atoms with Crippen LogP contribution in [0.3, 0.4) is 0 Å². The Bertz CT molecular complexity index is 404. The van der Waals surface area contributed by atoms with Crippen LogP contribution in [0.2, 0.25) is 0 Å². The van der Waals surface area contributed by atoms with Crippen molar-refractivity contribution in [2.24, 2.45) is 11.1 Å². The minimum atomic E-state index is -0.499. The first-order chi connectivity index (χ1) is 7.86. The number of hydrogen-bond donors (Lipinski definition) is 1. The van der Waals surface area contributed by atoms with E-state index in [9.17, 15) is 4.79 Å². The van der Waals surface area contributed by atoms with E-state index in [1.54, 1.807) is 11.9 Å². The third-order valence-corrected chi connectivity index (χ3v) is 3.24. The predicted molar refractivity (Wildman–Crippen MR) is 73.5 cm³/mol. The first-order valence-electron chi connectivity index (χ1n) is 5.57. The third-order valence-electron chi connectivity index (χ3n) is 2.74. The molecule has 17 heavy (non-hydrogen) atoms. The van der Waals surface area contributed by atoms with Gasteiger partial charge in [0.05, 0.1) is 5.41 Å². The number of rotatable bonds is 4. The lowest BCUT2D eigenvalue weighted by Gasteiger charge is -2.28. The Kier molecular flexibility index (Phi) is 4.71. The van der Waals surface area contributed by atoms with E-state index in [-0.39, 0.29) is 5.91 Å². The molecule has 3 nitrogen and oxygen atoms in total. The van der Waals surface area contributed by atoms with E-state index in [4.69, 9.17) is 5.73 Å². The fraction of sp³-hybridized carbons (Fsp3) is 0.462. The van der Waals surface area contributed by atoms with Crippen molar-refractivity contribution in [1.82, 2.24) is 4.90 Å². The van der Waals surface area contributed by atoms with Gasteiger partial charge in [-0.3, -0.25) is 4.79 Å². The van der Waals surface area contributed by atoms with Crippen LogP contribution in [0.15, 0.2) is 28.7 Å². The van der Waals surface area contributed by atoms with Crippen molar-refractivity contribution in [2.75, 3.05) is 13.6 Å². The number of carbonyl (C=O) groups is 1. The van der Waals surface area contributed by atoms with Gasteiger partial charge in [0.15, 0.2) is 0 Å². The van der Waals surface area contributed by atoms with Crippen LogP contribution in [-0.2, 0) is 11.3 Å². The van der Waals surface area contributed by atoms with Crippen molar-refractivity contribution in [3.63, 3.8) is 0 Å². The molecule has 0 aliphatic carbocycles. The number of amides is 1. The van der Waals surface area contributed by atoms with Crippen molar-refractivity contribution in [2.45, 2.75) is 20.4 Å². The zero-order chi connectivity index (χ0) is 13.1. The molecule has 0 atom stereocenters. The highest BCUT2D eigenvalue weighted by Gasteiger charge is 2.28. The first-order valence-corrected chi connectivity index (χ1v) is 6.36. The van der Waals surface area contributed by atoms with Gasteiger partial charge in [0.25, 0.3) is 0 Å². The highest BCUT2D eigenvalue weighted by molar-refractivity contribution is 9.10. The quantitative estimate of drug-likeness (QED) is 0.928. The average Bonchev–Trinajstić information content (AvgIpc) is 2.28. The first kappa shape index (κ1) is 14.2. The van der Waals surface area contributed by atoms with E-state index in [0.717, 1.165) is 10.0 Å². The average molecular weight is 299 g/mol. The summed E-state index contributed by atoms with van der Waals surface area (Å²) >= 11 is 3.42. The van der Waals surface area contributed by atoms with E-state index < -0.39 is 5.41 Å². The van der Waals surface area contributed by atoms with Crippen LogP contribution in [0, 0.1) is 5.41 Å². The van der Waals surface area contributed by atoms with Gasteiger partial charge in [-0.2, -0.15) is 0 Å². The maximum Gasteiger partial charge on any atom is 0.229 e. The Morgan fingerprint density at radius 2 is 2.12 bits per heavy atom. The van der Waals surface area contributed by atoms with Crippen LogP contribution in [0.5, 0.6) is 0 Å². The van der Waals surface area contributed by atoms with Gasteiger partial charge in [-0.15, -0.1) is 0 Å². The molecule has 1 rings (SSSR count). The second-order valence-electron chi connectivity index (χ2n) is 4.88. The highest BCUT2D eigenvalue weighted by atomic mass is 79.9. The highest BCUT2D eigenvalue weighted by Crippen LogP contribution is 2.19. The van der Waals surface area contributed by atoms with Gasteiger partial charge in [-0.1, -0.05) is 28.1 Å². The molecule has 0 aliphatic heterocycles. The Labute approximate surface area is 111 Å². The SMILES string of the molecule is CN(Cc1cccc(Br)c1)C(=O)C(C)(C)CN. The molecule has 0 unspecified atom stereocenters. The van der Waals surface area contributed by atoms with Crippen LogP contribution in [0.25, 0.3) is 0 Å². The normalized spacial score (nSPS) is 11.4. The van der Waals surface area contributed by atoms with Gasteiger partial charge >= 0.3 is 0 Å². The van der Waals surface area contributed by atoms with Gasteiger partial charge in [0, 0.05) is 24.6 Å². The Hall–Kier alpha value is -0.870. The molecule has 0 aromatic heterocycles. The van der Waals surface area contributed by atoms with Crippen LogP contribution >= 0.6 is 15.9 Å². The number of halogens is 1. The fourth-order valence-electron chi connectivity index (χ4n) is 1.58. The van der Waals surface area contributed by atoms with Crippen molar-refractivity contribution < 1.29 is 4.79 Å². The summed E-state index contributed by atoms with van der Waals surface area (Å²) in [5.41, 5.74) is 6.21. The van der Waals surface area contributed by atoms with Crippen molar-refractivity contribution in [3.05, 3.63) is 34.3 Å². The molecule has 0 heterocycles. The zero-order valence-electron chi connectivity index (χ0n) is 10.5. The second kappa shape index (κ2) is 5.65. The number of benzene rings is 1. The predicted octanol–water partition coefficient (Wildman–Crippen LogP) is 2.39. The number of hydrogen-bond acceptors (Lipinski definition) is 2. The molecule has 1 aromatic rings. The fourth-order valence-corrected chi connectivity index (χ4v) is 2.03. The van der Waals surface area contributed by atoms with Gasteiger partial charge in [-0.25, -0.2) is 0 Å². The molecule has 2 N–H and O–H groups in total. The van der Waals surface area contributed by atoms with Crippen molar-refractivity contribution >= 4 is 21.8 Å². The summed E-state index contributed by atoms with van der Waals surface area (Å²) in [7, 11) is 1.81. The van der Waals surface area contributed by atoms with Crippen molar-refractivity contribution in [3.8, 4) is 0 Å². The van der Waals surface area contributed by atoms with E-state index in [2.05, 4.69) is 15.9 Å². The summed E-state index contributed by atoms with van der Waals surface area (Å²) in [6.07, 6.45) is 0. The molecule has 4 heteroatoms. The molecule has 1 amide bonds. The van der Waals surface area contributed by atoms with Gasteiger partial charge in [0.2, 0.25) is 5.91 Å². The maximum atomic E-state index is 12.1. The minimum Gasteiger partial charge on any atom is -0.341 e.